The third kappa shape index (κ3) is 3.65. The Balaban J connectivity index is 2.22. The lowest BCUT2D eigenvalue weighted by atomic mass is 10.2. The van der Waals surface area contributed by atoms with Gasteiger partial charge in [-0.05, 0) is 24.3 Å². The van der Waals surface area contributed by atoms with Gasteiger partial charge in [0.1, 0.15) is 23.9 Å². The van der Waals surface area contributed by atoms with Crippen molar-refractivity contribution in [2.75, 3.05) is 7.11 Å². The third-order valence-electron chi connectivity index (χ3n) is 2.80. The van der Waals surface area contributed by atoms with Crippen molar-refractivity contribution >= 4 is 29.5 Å². The number of benzene rings is 2. The van der Waals surface area contributed by atoms with E-state index in [1.807, 2.05) is 0 Å². The number of carbonyl (C=O) groups is 1. The van der Waals surface area contributed by atoms with Crippen LogP contribution in [0.1, 0.15) is 15.9 Å². The number of rotatable bonds is 5. The van der Waals surface area contributed by atoms with Crippen molar-refractivity contribution in [2.45, 2.75) is 6.61 Å². The molecule has 0 amide bonds. The minimum absolute atomic E-state index is 0.0714. The largest absolute Gasteiger partial charge is 0.497 e. The second kappa shape index (κ2) is 6.78. The average Bonchev–Trinajstić information content (AvgIpc) is 2.46. The van der Waals surface area contributed by atoms with Crippen molar-refractivity contribution in [2.24, 2.45) is 0 Å². The van der Waals surface area contributed by atoms with Gasteiger partial charge in [-0.2, -0.15) is 0 Å². The summed E-state index contributed by atoms with van der Waals surface area (Å²) in [6.07, 6.45) is 0.581. The molecule has 0 saturated carbocycles. The molecule has 21 heavy (non-hydrogen) atoms. The number of ether oxygens (including phenoxy) is 2. The molecule has 6 heteroatoms. The summed E-state index contributed by atoms with van der Waals surface area (Å²) in [5, 5.41) is 0.517. The van der Waals surface area contributed by atoms with Gasteiger partial charge in [-0.25, -0.2) is 4.39 Å². The van der Waals surface area contributed by atoms with Crippen LogP contribution in [0.25, 0.3) is 0 Å². The van der Waals surface area contributed by atoms with Gasteiger partial charge in [0, 0.05) is 16.7 Å². The lowest BCUT2D eigenvalue weighted by Crippen LogP contribution is -2.01. The van der Waals surface area contributed by atoms with Crippen LogP contribution in [0.2, 0.25) is 10.0 Å². The fourth-order valence-corrected chi connectivity index (χ4v) is 2.31. The quantitative estimate of drug-likeness (QED) is 0.756. The van der Waals surface area contributed by atoms with Gasteiger partial charge >= 0.3 is 0 Å². The number of methoxy groups -OCH3 is 1. The minimum atomic E-state index is -0.466. The standard InChI is InChI=1S/C15H11Cl2FO3/c1-20-12-3-2-9(14(18)6-12)8-21-15-10(7-19)4-11(16)5-13(15)17/h2-7H,8H2,1H3. The molecule has 0 aliphatic carbocycles. The van der Waals surface area contributed by atoms with Crippen molar-refractivity contribution in [1.82, 2.24) is 0 Å². The molecule has 2 aromatic carbocycles. The summed E-state index contributed by atoms with van der Waals surface area (Å²) in [5.74, 6) is 0.118. The van der Waals surface area contributed by atoms with Gasteiger partial charge < -0.3 is 9.47 Å². The maximum absolute atomic E-state index is 13.8. The van der Waals surface area contributed by atoms with Crippen LogP contribution in [0.5, 0.6) is 11.5 Å². The van der Waals surface area contributed by atoms with Crippen LogP contribution >= 0.6 is 23.2 Å². The summed E-state index contributed by atoms with van der Waals surface area (Å²) in [6.45, 7) is -0.0714. The van der Waals surface area contributed by atoms with E-state index < -0.39 is 5.82 Å². The fourth-order valence-electron chi connectivity index (χ4n) is 1.74. The van der Waals surface area contributed by atoms with Crippen molar-refractivity contribution in [3.63, 3.8) is 0 Å². The zero-order valence-electron chi connectivity index (χ0n) is 11.0. The average molecular weight is 329 g/mol. The van der Waals surface area contributed by atoms with Gasteiger partial charge in [-0.3, -0.25) is 4.79 Å². The lowest BCUT2D eigenvalue weighted by molar-refractivity contribution is 0.111. The van der Waals surface area contributed by atoms with Crippen LogP contribution in [0, 0.1) is 5.82 Å². The molecule has 2 rings (SSSR count). The molecule has 0 fully saturated rings. The van der Waals surface area contributed by atoms with Crippen molar-refractivity contribution < 1.29 is 18.7 Å². The van der Waals surface area contributed by atoms with Crippen LogP contribution in [0.15, 0.2) is 30.3 Å². The smallest absolute Gasteiger partial charge is 0.153 e. The Kier molecular flexibility index (Phi) is 5.04. The maximum Gasteiger partial charge on any atom is 0.153 e. The van der Waals surface area contributed by atoms with E-state index in [0.29, 0.717) is 22.6 Å². The molecule has 0 saturated heterocycles. The molecule has 110 valence electrons. The number of hydrogen-bond donors (Lipinski definition) is 0. The predicted octanol–water partition coefficient (Wildman–Crippen LogP) is 4.53. The van der Waals surface area contributed by atoms with Crippen molar-refractivity contribution in [1.29, 1.82) is 0 Å². The van der Waals surface area contributed by atoms with Crippen LogP contribution in [-0.2, 0) is 6.61 Å². The zero-order chi connectivity index (χ0) is 15.4. The molecule has 0 atom stereocenters. The molecular formula is C15H11Cl2FO3. The first kappa shape index (κ1) is 15.6. The molecule has 0 aliphatic rings. The molecule has 2 aromatic rings. The lowest BCUT2D eigenvalue weighted by Gasteiger charge is -2.12. The molecule has 0 heterocycles. The molecule has 3 nitrogen and oxygen atoms in total. The second-order valence-corrected chi connectivity index (χ2v) is 5.01. The summed E-state index contributed by atoms with van der Waals surface area (Å²) in [6, 6.07) is 7.29. The predicted molar refractivity (Wildman–Crippen MR) is 79.1 cm³/mol. The molecule has 0 aliphatic heterocycles. The summed E-state index contributed by atoms with van der Waals surface area (Å²) in [4.78, 5) is 11.0. The Morgan fingerprint density at radius 1 is 1.24 bits per heavy atom. The highest BCUT2D eigenvalue weighted by Gasteiger charge is 2.12. The monoisotopic (exact) mass is 328 g/mol. The third-order valence-corrected chi connectivity index (χ3v) is 3.30. The van der Waals surface area contributed by atoms with Gasteiger partial charge in [0.25, 0.3) is 0 Å². The van der Waals surface area contributed by atoms with E-state index in [2.05, 4.69) is 0 Å². The highest BCUT2D eigenvalue weighted by atomic mass is 35.5. The van der Waals surface area contributed by atoms with Crippen molar-refractivity contribution in [3.05, 3.63) is 57.3 Å². The van der Waals surface area contributed by atoms with Crippen LogP contribution in [0.4, 0.5) is 4.39 Å². The topological polar surface area (TPSA) is 35.5 Å². The number of hydrogen-bond acceptors (Lipinski definition) is 3. The Morgan fingerprint density at radius 2 is 2.00 bits per heavy atom. The van der Waals surface area contributed by atoms with Gasteiger partial charge in [-0.1, -0.05) is 23.2 Å². The second-order valence-electron chi connectivity index (χ2n) is 4.17. The summed E-state index contributed by atoms with van der Waals surface area (Å²) >= 11 is 11.8. The number of aldehydes is 1. The van der Waals surface area contributed by atoms with Gasteiger partial charge in [-0.15, -0.1) is 0 Å². The Bertz CT molecular complexity index is 674. The minimum Gasteiger partial charge on any atom is -0.497 e. The van der Waals surface area contributed by atoms with Crippen LogP contribution < -0.4 is 9.47 Å². The van der Waals surface area contributed by atoms with E-state index in [-0.39, 0.29) is 22.9 Å². The Hall–Kier alpha value is -1.78. The van der Waals surface area contributed by atoms with Crippen LogP contribution in [-0.4, -0.2) is 13.4 Å². The first-order valence-electron chi connectivity index (χ1n) is 5.94. The number of halogens is 3. The molecule has 0 bridgehead atoms. The van der Waals surface area contributed by atoms with E-state index in [4.69, 9.17) is 32.7 Å². The molecule has 0 spiro atoms. The zero-order valence-corrected chi connectivity index (χ0v) is 12.5. The van der Waals surface area contributed by atoms with E-state index >= 15 is 0 Å². The molecule has 0 aromatic heterocycles. The molecular weight excluding hydrogens is 318 g/mol. The maximum atomic E-state index is 13.8. The van der Waals surface area contributed by atoms with Gasteiger partial charge in [0.2, 0.25) is 0 Å². The van der Waals surface area contributed by atoms with E-state index in [0.717, 1.165) is 0 Å². The normalized spacial score (nSPS) is 10.3. The Morgan fingerprint density at radius 3 is 2.62 bits per heavy atom. The first-order chi connectivity index (χ1) is 10.0. The summed E-state index contributed by atoms with van der Waals surface area (Å²) in [7, 11) is 1.45. The van der Waals surface area contributed by atoms with Crippen molar-refractivity contribution in [3.8, 4) is 11.5 Å². The fraction of sp³-hybridized carbons (Fsp3) is 0.133. The van der Waals surface area contributed by atoms with E-state index in [1.54, 1.807) is 12.1 Å². The first-order valence-corrected chi connectivity index (χ1v) is 6.70. The highest BCUT2D eigenvalue weighted by Crippen LogP contribution is 2.32. The highest BCUT2D eigenvalue weighted by molar-refractivity contribution is 6.36. The molecule has 0 N–H and O–H groups in total. The van der Waals surface area contributed by atoms with E-state index in [9.17, 15) is 9.18 Å². The summed E-state index contributed by atoms with van der Waals surface area (Å²) in [5.41, 5.74) is 0.528. The SMILES string of the molecule is COc1ccc(COc2c(Cl)cc(Cl)cc2C=O)c(F)c1. The Labute approximate surface area is 131 Å². The molecule has 0 unspecified atom stereocenters. The van der Waals surface area contributed by atoms with Gasteiger partial charge in [0.05, 0.1) is 17.7 Å². The van der Waals surface area contributed by atoms with Crippen LogP contribution in [0.3, 0.4) is 0 Å². The summed E-state index contributed by atoms with van der Waals surface area (Å²) < 4.78 is 24.2. The number of carbonyl (C=O) groups excluding carboxylic acids is 1. The van der Waals surface area contributed by atoms with Gasteiger partial charge in [0.15, 0.2) is 6.29 Å². The molecule has 0 radical (unpaired) electrons. The van der Waals surface area contributed by atoms with E-state index in [1.165, 1.54) is 25.3 Å².